The van der Waals surface area contributed by atoms with Gasteiger partial charge in [0, 0.05) is 0 Å². The van der Waals surface area contributed by atoms with Crippen LogP contribution in [0, 0.1) is 0 Å². The molecule has 2 heteroatoms. The topological polar surface area (TPSA) is 21.3 Å². The van der Waals surface area contributed by atoms with Crippen LogP contribution in [0.3, 0.4) is 0 Å². The first-order valence-corrected chi connectivity index (χ1v) is 6.57. The molecule has 0 bridgehead atoms. The van der Waals surface area contributed by atoms with E-state index < -0.39 is 0 Å². The molecule has 2 aromatic carbocycles. The quantitative estimate of drug-likeness (QED) is 0.780. The monoisotopic (exact) mass is 253 g/mol. The van der Waals surface area contributed by atoms with E-state index in [0.29, 0.717) is 6.61 Å². The van der Waals surface area contributed by atoms with E-state index in [-0.39, 0.29) is 0 Å². The van der Waals surface area contributed by atoms with Crippen molar-refractivity contribution in [2.24, 2.45) is 0 Å². The van der Waals surface area contributed by atoms with Crippen LogP contribution in [0.2, 0.25) is 0 Å². The first-order chi connectivity index (χ1) is 9.40. The van der Waals surface area contributed by atoms with Gasteiger partial charge in [0.25, 0.3) is 0 Å². The lowest BCUT2D eigenvalue weighted by molar-refractivity contribution is 0.0645. The highest BCUT2D eigenvalue weighted by Gasteiger charge is 2.00. The van der Waals surface area contributed by atoms with Crippen LogP contribution in [0.25, 0.3) is 5.70 Å². The minimum atomic E-state index is 0.550. The summed E-state index contributed by atoms with van der Waals surface area (Å²) in [5, 5.41) is 0. The summed E-state index contributed by atoms with van der Waals surface area (Å²) in [6, 6.07) is 20.3. The molecule has 2 nitrogen and oxygen atoms in total. The van der Waals surface area contributed by atoms with Crippen LogP contribution in [-0.2, 0) is 11.4 Å². The second-order valence-electron chi connectivity index (χ2n) is 4.27. The molecule has 1 N–H and O–H groups in total. The Bertz CT molecular complexity index is 505. The maximum absolute atomic E-state index is 5.57. The van der Waals surface area contributed by atoms with Crippen LogP contribution in [0.4, 0.5) is 0 Å². The maximum atomic E-state index is 5.57. The molecule has 0 radical (unpaired) electrons. The van der Waals surface area contributed by atoms with Crippen molar-refractivity contribution in [2.45, 2.75) is 20.0 Å². The summed E-state index contributed by atoms with van der Waals surface area (Å²) >= 11 is 0. The van der Waals surface area contributed by atoms with Crippen molar-refractivity contribution in [3.05, 3.63) is 77.9 Å². The van der Waals surface area contributed by atoms with Crippen LogP contribution < -0.4 is 5.48 Å². The van der Waals surface area contributed by atoms with E-state index >= 15 is 0 Å². The van der Waals surface area contributed by atoms with Crippen LogP contribution in [-0.4, -0.2) is 0 Å². The summed E-state index contributed by atoms with van der Waals surface area (Å²) in [6.07, 6.45) is 3.09. The second-order valence-corrected chi connectivity index (χ2v) is 4.27. The van der Waals surface area contributed by atoms with Crippen molar-refractivity contribution in [3.63, 3.8) is 0 Å². The Balaban J connectivity index is 1.94. The summed E-state index contributed by atoms with van der Waals surface area (Å²) < 4.78 is 0. The number of nitrogens with one attached hydrogen (secondary N) is 1. The largest absolute Gasteiger partial charge is 0.271 e. The minimum absolute atomic E-state index is 0.550. The zero-order valence-corrected chi connectivity index (χ0v) is 11.2. The van der Waals surface area contributed by atoms with Gasteiger partial charge < -0.3 is 0 Å². The molecule has 0 fully saturated rings. The van der Waals surface area contributed by atoms with E-state index in [1.807, 2.05) is 48.5 Å². The highest BCUT2D eigenvalue weighted by molar-refractivity contribution is 5.62. The molecule has 0 spiro atoms. The molecule has 0 aliphatic carbocycles. The lowest BCUT2D eigenvalue weighted by atomic mass is 10.1. The predicted molar refractivity (Wildman–Crippen MR) is 79.1 cm³/mol. The van der Waals surface area contributed by atoms with Gasteiger partial charge in [-0.15, -0.1) is 0 Å². The highest BCUT2D eigenvalue weighted by Crippen LogP contribution is 2.12. The summed E-state index contributed by atoms with van der Waals surface area (Å²) in [5.74, 6) is 0. The summed E-state index contributed by atoms with van der Waals surface area (Å²) in [6.45, 7) is 2.66. The van der Waals surface area contributed by atoms with Crippen LogP contribution in [0.5, 0.6) is 0 Å². The number of benzene rings is 2. The average molecular weight is 253 g/mol. The zero-order chi connectivity index (χ0) is 13.3. The van der Waals surface area contributed by atoms with Gasteiger partial charge in [0.15, 0.2) is 0 Å². The SMILES string of the molecule is CC/C=C(/NOCc1ccccc1)c1ccccc1. The van der Waals surface area contributed by atoms with Gasteiger partial charge in [-0.05, 0) is 17.5 Å². The van der Waals surface area contributed by atoms with Gasteiger partial charge in [0.1, 0.15) is 0 Å². The Hall–Kier alpha value is -2.06. The van der Waals surface area contributed by atoms with Crippen molar-refractivity contribution < 1.29 is 4.84 Å². The van der Waals surface area contributed by atoms with Crippen LogP contribution in [0.1, 0.15) is 24.5 Å². The Morgan fingerprint density at radius 1 is 1.00 bits per heavy atom. The maximum Gasteiger partial charge on any atom is 0.0996 e. The molecule has 0 saturated carbocycles. The Morgan fingerprint density at radius 2 is 1.63 bits per heavy atom. The highest BCUT2D eigenvalue weighted by atomic mass is 16.6. The number of hydrogen-bond donors (Lipinski definition) is 1. The third-order valence-corrected chi connectivity index (χ3v) is 2.76. The molecule has 2 rings (SSSR count). The van der Waals surface area contributed by atoms with E-state index in [9.17, 15) is 0 Å². The number of hydroxylamine groups is 1. The molecule has 98 valence electrons. The fourth-order valence-corrected chi connectivity index (χ4v) is 1.81. The second kappa shape index (κ2) is 7.39. The number of rotatable bonds is 6. The van der Waals surface area contributed by atoms with Crippen molar-refractivity contribution in [1.29, 1.82) is 0 Å². The normalized spacial score (nSPS) is 11.3. The van der Waals surface area contributed by atoms with Crippen molar-refractivity contribution in [1.82, 2.24) is 5.48 Å². The predicted octanol–water partition coefficient (Wildman–Crippen LogP) is 4.16. The fraction of sp³-hybridized carbons (Fsp3) is 0.176. The molecule has 0 atom stereocenters. The van der Waals surface area contributed by atoms with Gasteiger partial charge >= 0.3 is 0 Å². The van der Waals surface area contributed by atoms with Crippen molar-refractivity contribution >= 4 is 5.70 Å². The van der Waals surface area contributed by atoms with E-state index in [0.717, 1.165) is 23.2 Å². The van der Waals surface area contributed by atoms with E-state index in [1.165, 1.54) is 0 Å². The Labute approximate surface area is 114 Å². The van der Waals surface area contributed by atoms with Gasteiger partial charge in [0.05, 0.1) is 12.3 Å². The molecule has 0 heterocycles. The standard InChI is InChI=1S/C17H19NO/c1-2-9-17(16-12-7-4-8-13-16)18-19-14-15-10-5-3-6-11-15/h3-13,18H,2,14H2,1H3/b17-9+. The van der Waals surface area contributed by atoms with E-state index in [4.69, 9.17) is 4.84 Å². The molecular weight excluding hydrogens is 234 g/mol. The minimum Gasteiger partial charge on any atom is -0.271 e. The third kappa shape index (κ3) is 4.27. The molecule has 0 aliphatic heterocycles. The Kier molecular flexibility index (Phi) is 5.20. The number of hydrogen-bond acceptors (Lipinski definition) is 2. The van der Waals surface area contributed by atoms with E-state index in [2.05, 4.69) is 30.6 Å². The van der Waals surface area contributed by atoms with Gasteiger partial charge in [-0.25, -0.2) is 0 Å². The van der Waals surface area contributed by atoms with Gasteiger partial charge in [0.2, 0.25) is 0 Å². The molecule has 0 saturated heterocycles. The molecule has 19 heavy (non-hydrogen) atoms. The van der Waals surface area contributed by atoms with Crippen LogP contribution in [0.15, 0.2) is 66.7 Å². The van der Waals surface area contributed by atoms with Crippen molar-refractivity contribution in [3.8, 4) is 0 Å². The molecule has 0 aromatic heterocycles. The Morgan fingerprint density at radius 3 is 2.26 bits per heavy atom. The summed E-state index contributed by atoms with van der Waals surface area (Å²) in [7, 11) is 0. The molecule has 0 amide bonds. The van der Waals surface area contributed by atoms with Crippen molar-refractivity contribution in [2.75, 3.05) is 0 Å². The van der Waals surface area contributed by atoms with Gasteiger partial charge in [-0.1, -0.05) is 73.7 Å². The van der Waals surface area contributed by atoms with Crippen LogP contribution >= 0.6 is 0 Å². The molecular formula is C17H19NO. The lowest BCUT2D eigenvalue weighted by Crippen LogP contribution is -2.13. The first-order valence-electron chi connectivity index (χ1n) is 6.57. The molecule has 0 aliphatic rings. The lowest BCUT2D eigenvalue weighted by Gasteiger charge is -2.11. The van der Waals surface area contributed by atoms with E-state index in [1.54, 1.807) is 0 Å². The molecule has 2 aromatic rings. The smallest absolute Gasteiger partial charge is 0.0996 e. The third-order valence-electron chi connectivity index (χ3n) is 2.76. The average Bonchev–Trinajstić information content (AvgIpc) is 2.48. The van der Waals surface area contributed by atoms with Gasteiger partial charge in [-0.3, -0.25) is 10.3 Å². The summed E-state index contributed by atoms with van der Waals surface area (Å²) in [5.41, 5.74) is 6.35. The first kappa shape index (κ1) is 13.4. The zero-order valence-electron chi connectivity index (χ0n) is 11.2. The number of allylic oxidation sites excluding steroid dienone is 1. The molecule has 0 unspecified atom stereocenters. The fourth-order valence-electron chi connectivity index (χ4n) is 1.81. The van der Waals surface area contributed by atoms with Gasteiger partial charge in [-0.2, -0.15) is 0 Å². The summed E-state index contributed by atoms with van der Waals surface area (Å²) in [4.78, 5) is 5.57.